The Bertz CT molecular complexity index is 605. The Hall–Kier alpha value is -1.10. The number of nitrogens with one attached hydrogen (secondary N) is 1. The molecule has 0 aliphatic rings. The third kappa shape index (κ3) is 4.99. The van der Waals surface area contributed by atoms with Crippen molar-refractivity contribution in [3.05, 3.63) is 51.6 Å². The van der Waals surface area contributed by atoms with E-state index in [2.05, 4.69) is 40.1 Å². The Labute approximate surface area is 138 Å². The fraction of sp³-hybridized carbons (Fsp3) is 0.312. The first-order chi connectivity index (χ1) is 10.1. The minimum atomic E-state index is 0.608. The second-order valence-corrected chi connectivity index (χ2v) is 6.46. The summed E-state index contributed by atoms with van der Waals surface area (Å²) in [6.07, 6.45) is 1.73. The van der Waals surface area contributed by atoms with Crippen LogP contribution in [0.2, 0.25) is 5.02 Å². The third-order valence-corrected chi connectivity index (χ3v) is 3.67. The molecule has 0 saturated heterocycles. The molecule has 0 atom stereocenters. The van der Waals surface area contributed by atoms with Crippen molar-refractivity contribution in [2.24, 2.45) is 5.92 Å². The van der Waals surface area contributed by atoms with Gasteiger partial charge in [-0.3, -0.25) is 0 Å². The third-order valence-electron chi connectivity index (χ3n) is 2.82. The van der Waals surface area contributed by atoms with Gasteiger partial charge in [-0.1, -0.05) is 31.5 Å². The summed E-state index contributed by atoms with van der Waals surface area (Å²) in [5.41, 5.74) is 1.03. The molecule has 0 saturated carbocycles. The Morgan fingerprint density at radius 2 is 2.14 bits per heavy atom. The molecule has 0 spiro atoms. The summed E-state index contributed by atoms with van der Waals surface area (Å²) in [6, 6.07) is 9.35. The van der Waals surface area contributed by atoms with Crippen molar-refractivity contribution in [1.82, 2.24) is 10.3 Å². The van der Waals surface area contributed by atoms with Crippen molar-refractivity contribution in [1.29, 1.82) is 0 Å². The van der Waals surface area contributed by atoms with Crippen LogP contribution in [0.25, 0.3) is 0 Å². The van der Waals surface area contributed by atoms with E-state index in [0.29, 0.717) is 22.6 Å². The Balaban J connectivity index is 2.12. The van der Waals surface area contributed by atoms with Crippen LogP contribution in [0.5, 0.6) is 11.6 Å². The molecule has 5 heteroatoms. The van der Waals surface area contributed by atoms with E-state index in [-0.39, 0.29) is 0 Å². The Morgan fingerprint density at radius 3 is 2.86 bits per heavy atom. The summed E-state index contributed by atoms with van der Waals surface area (Å²) in [4.78, 5) is 4.32. The number of hydrogen-bond acceptors (Lipinski definition) is 3. The van der Waals surface area contributed by atoms with Crippen molar-refractivity contribution in [2.45, 2.75) is 20.4 Å². The maximum atomic E-state index is 5.94. The summed E-state index contributed by atoms with van der Waals surface area (Å²) >= 11 is 9.39. The SMILES string of the molecule is CC(C)CNCc1cccnc1Oc1ccc(Cl)cc1Br. The van der Waals surface area contributed by atoms with Crippen LogP contribution in [-0.2, 0) is 6.54 Å². The van der Waals surface area contributed by atoms with Gasteiger partial charge in [0, 0.05) is 23.3 Å². The largest absolute Gasteiger partial charge is 0.438 e. The van der Waals surface area contributed by atoms with Gasteiger partial charge in [0.05, 0.1) is 4.47 Å². The Kier molecular flexibility index (Phi) is 6.03. The van der Waals surface area contributed by atoms with Crippen molar-refractivity contribution in [2.75, 3.05) is 6.54 Å². The Morgan fingerprint density at radius 1 is 1.33 bits per heavy atom. The first-order valence-electron chi connectivity index (χ1n) is 6.84. The van der Waals surface area contributed by atoms with Gasteiger partial charge in [-0.15, -0.1) is 0 Å². The maximum Gasteiger partial charge on any atom is 0.223 e. The molecular weight excluding hydrogens is 352 g/mol. The lowest BCUT2D eigenvalue weighted by Crippen LogP contribution is -2.19. The van der Waals surface area contributed by atoms with Gasteiger partial charge in [-0.05, 0) is 52.7 Å². The molecule has 0 fully saturated rings. The van der Waals surface area contributed by atoms with Crippen LogP contribution < -0.4 is 10.1 Å². The molecule has 3 nitrogen and oxygen atoms in total. The van der Waals surface area contributed by atoms with Crippen LogP contribution in [0.3, 0.4) is 0 Å². The monoisotopic (exact) mass is 368 g/mol. The van der Waals surface area contributed by atoms with Crippen LogP contribution >= 0.6 is 27.5 Å². The maximum absolute atomic E-state index is 5.94. The predicted octanol–water partition coefficient (Wildman–Crippen LogP) is 5.04. The lowest BCUT2D eigenvalue weighted by molar-refractivity contribution is 0.447. The second-order valence-electron chi connectivity index (χ2n) is 5.17. The van der Waals surface area contributed by atoms with E-state index < -0.39 is 0 Å². The summed E-state index contributed by atoms with van der Waals surface area (Å²) in [5.74, 6) is 1.91. The van der Waals surface area contributed by atoms with Gasteiger partial charge >= 0.3 is 0 Å². The van der Waals surface area contributed by atoms with E-state index in [1.807, 2.05) is 18.2 Å². The number of nitrogens with zero attached hydrogens (tertiary/aromatic N) is 1. The molecule has 0 aliphatic carbocycles. The van der Waals surface area contributed by atoms with Gasteiger partial charge < -0.3 is 10.1 Å². The van der Waals surface area contributed by atoms with Crippen LogP contribution in [0.4, 0.5) is 0 Å². The predicted molar refractivity (Wildman–Crippen MR) is 90.0 cm³/mol. The zero-order valence-corrected chi connectivity index (χ0v) is 14.4. The van der Waals surface area contributed by atoms with Crippen molar-refractivity contribution in [3.8, 4) is 11.6 Å². The van der Waals surface area contributed by atoms with Gasteiger partial charge in [-0.2, -0.15) is 0 Å². The van der Waals surface area contributed by atoms with Crippen LogP contribution in [0, 0.1) is 5.92 Å². The van der Waals surface area contributed by atoms with E-state index in [9.17, 15) is 0 Å². The van der Waals surface area contributed by atoms with E-state index in [4.69, 9.17) is 16.3 Å². The highest BCUT2D eigenvalue weighted by Gasteiger charge is 2.09. The van der Waals surface area contributed by atoms with Crippen molar-refractivity contribution in [3.63, 3.8) is 0 Å². The number of ether oxygens (including phenoxy) is 1. The number of benzene rings is 1. The number of pyridine rings is 1. The molecule has 1 N–H and O–H groups in total. The summed E-state index contributed by atoms with van der Waals surface area (Å²) < 4.78 is 6.70. The highest BCUT2D eigenvalue weighted by molar-refractivity contribution is 9.10. The van der Waals surface area contributed by atoms with Crippen molar-refractivity contribution >= 4 is 27.5 Å². The number of aromatic nitrogens is 1. The highest BCUT2D eigenvalue weighted by Crippen LogP contribution is 2.32. The topological polar surface area (TPSA) is 34.2 Å². The van der Waals surface area contributed by atoms with E-state index in [1.165, 1.54) is 0 Å². The molecule has 0 radical (unpaired) electrons. The molecule has 1 aromatic heterocycles. The molecule has 2 rings (SSSR count). The molecule has 0 bridgehead atoms. The normalized spacial score (nSPS) is 10.9. The molecule has 1 aromatic carbocycles. The number of hydrogen-bond donors (Lipinski definition) is 1. The highest BCUT2D eigenvalue weighted by atomic mass is 79.9. The van der Waals surface area contributed by atoms with E-state index >= 15 is 0 Å². The van der Waals surface area contributed by atoms with E-state index in [1.54, 1.807) is 18.3 Å². The molecule has 112 valence electrons. The van der Waals surface area contributed by atoms with Crippen LogP contribution in [0.15, 0.2) is 41.0 Å². The van der Waals surface area contributed by atoms with Gasteiger partial charge in [-0.25, -0.2) is 4.98 Å². The fourth-order valence-electron chi connectivity index (χ4n) is 1.81. The van der Waals surface area contributed by atoms with Gasteiger partial charge in [0.15, 0.2) is 0 Å². The minimum Gasteiger partial charge on any atom is -0.438 e. The summed E-state index contributed by atoms with van der Waals surface area (Å²) in [7, 11) is 0. The fourth-order valence-corrected chi connectivity index (χ4v) is 2.57. The lowest BCUT2D eigenvalue weighted by Gasteiger charge is -2.12. The zero-order chi connectivity index (χ0) is 15.2. The van der Waals surface area contributed by atoms with Crippen molar-refractivity contribution < 1.29 is 4.74 Å². The molecule has 0 unspecified atom stereocenters. The smallest absolute Gasteiger partial charge is 0.223 e. The molecular formula is C16H18BrClN2O. The number of halogens is 2. The summed E-state index contributed by atoms with van der Waals surface area (Å²) in [5, 5.41) is 4.06. The molecule has 21 heavy (non-hydrogen) atoms. The van der Waals surface area contributed by atoms with E-state index in [0.717, 1.165) is 23.1 Å². The van der Waals surface area contributed by atoms with Crippen LogP contribution in [0.1, 0.15) is 19.4 Å². The standard InChI is InChI=1S/C16H18BrClN2O/c1-11(2)9-19-10-12-4-3-7-20-16(12)21-15-6-5-13(18)8-14(15)17/h3-8,11,19H,9-10H2,1-2H3. The second kappa shape index (κ2) is 7.78. The first kappa shape index (κ1) is 16.3. The molecule has 1 heterocycles. The van der Waals surface area contributed by atoms with Gasteiger partial charge in [0.25, 0.3) is 0 Å². The van der Waals surface area contributed by atoms with Gasteiger partial charge in [0.1, 0.15) is 5.75 Å². The average molecular weight is 370 g/mol. The lowest BCUT2D eigenvalue weighted by atomic mass is 10.2. The molecule has 0 amide bonds. The minimum absolute atomic E-state index is 0.608. The first-order valence-corrected chi connectivity index (χ1v) is 8.01. The number of rotatable bonds is 6. The van der Waals surface area contributed by atoms with Gasteiger partial charge in [0.2, 0.25) is 5.88 Å². The molecule has 2 aromatic rings. The van der Waals surface area contributed by atoms with Crippen LogP contribution in [-0.4, -0.2) is 11.5 Å². The molecule has 0 aliphatic heterocycles. The summed E-state index contributed by atoms with van der Waals surface area (Å²) in [6.45, 7) is 6.04. The zero-order valence-electron chi connectivity index (χ0n) is 12.1. The average Bonchev–Trinajstić information content (AvgIpc) is 2.43. The quantitative estimate of drug-likeness (QED) is 0.775.